The number of aryl methyl sites for hydroxylation is 1. The zero-order valence-corrected chi connectivity index (χ0v) is 12.8. The third kappa shape index (κ3) is 2.57. The van der Waals surface area contributed by atoms with Crippen molar-refractivity contribution < 1.29 is 14.3 Å². The maximum Gasteiger partial charge on any atom is 0.299 e. The number of anilines is 1. The Hall–Kier alpha value is -2.33. The minimum atomic E-state index is -0.560. The first-order valence-corrected chi connectivity index (χ1v) is 7.30. The smallest absolute Gasteiger partial charge is 0.299 e. The van der Waals surface area contributed by atoms with Crippen LogP contribution >= 0.6 is 11.6 Å². The molecule has 5 heteroatoms. The van der Waals surface area contributed by atoms with Crippen LogP contribution in [0, 0.1) is 6.92 Å². The van der Waals surface area contributed by atoms with E-state index < -0.39 is 11.7 Å². The lowest BCUT2D eigenvalue weighted by molar-refractivity contribution is -0.114. The van der Waals surface area contributed by atoms with Gasteiger partial charge in [-0.3, -0.25) is 14.5 Å². The second-order valence-electron chi connectivity index (χ2n) is 5.08. The van der Waals surface area contributed by atoms with Crippen LogP contribution in [0.1, 0.15) is 15.9 Å². The van der Waals surface area contributed by atoms with Crippen molar-refractivity contribution in [2.75, 3.05) is 18.1 Å². The van der Waals surface area contributed by atoms with Crippen LogP contribution in [0.3, 0.4) is 0 Å². The molecule has 22 heavy (non-hydrogen) atoms. The summed E-state index contributed by atoms with van der Waals surface area (Å²) in [5.74, 6) is -0.355. The molecule has 0 spiro atoms. The second kappa shape index (κ2) is 5.81. The average Bonchev–Trinajstić information content (AvgIpc) is 2.76. The fourth-order valence-electron chi connectivity index (χ4n) is 2.41. The molecule has 0 fully saturated rings. The van der Waals surface area contributed by atoms with Gasteiger partial charge in [-0.15, -0.1) is 0 Å². The molecule has 2 aromatic carbocycles. The lowest BCUT2D eigenvalue weighted by Crippen LogP contribution is -2.33. The number of benzene rings is 2. The number of fused-ring (bicyclic) bond motifs is 1. The number of ether oxygens (including phenoxy) is 1. The van der Waals surface area contributed by atoms with Crippen molar-refractivity contribution in [3.8, 4) is 5.75 Å². The summed E-state index contributed by atoms with van der Waals surface area (Å²) in [5, 5.41) is 0.395. The highest BCUT2D eigenvalue weighted by atomic mass is 35.5. The molecule has 1 aliphatic rings. The van der Waals surface area contributed by atoms with E-state index in [4.69, 9.17) is 16.3 Å². The Morgan fingerprint density at radius 3 is 2.55 bits per heavy atom. The molecule has 0 aliphatic carbocycles. The van der Waals surface area contributed by atoms with Crippen LogP contribution in [-0.4, -0.2) is 24.8 Å². The first-order chi connectivity index (χ1) is 10.6. The van der Waals surface area contributed by atoms with Crippen LogP contribution in [0.2, 0.25) is 5.02 Å². The summed E-state index contributed by atoms with van der Waals surface area (Å²) in [7, 11) is 0. The molecule has 112 valence electrons. The Kier molecular flexibility index (Phi) is 3.86. The van der Waals surface area contributed by atoms with Crippen molar-refractivity contribution in [3.05, 3.63) is 58.6 Å². The molecular weight excluding hydrogens is 302 g/mol. The minimum Gasteiger partial charge on any atom is -0.492 e. The van der Waals surface area contributed by atoms with Crippen LogP contribution < -0.4 is 9.64 Å². The van der Waals surface area contributed by atoms with E-state index in [1.54, 1.807) is 18.2 Å². The summed E-state index contributed by atoms with van der Waals surface area (Å²) in [6.07, 6.45) is 0. The van der Waals surface area contributed by atoms with Gasteiger partial charge in [0, 0.05) is 0 Å². The van der Waals surface area contributed by atoms with Crippen LogP contribution in [0.5, 0.6) is 5.75 Å². The van der Waals surface area contributed by atoms with Gasteiger partial charge in [0.15, 0.2) is 0 Å². The van der Waals surface area contributed by atoms with Gasteiger partial charge in [0.1, 0.15) is 12.4 Å². The van der Waals surface area contributed by atoms with Gasteiger partial charge in [-0.25, -0.2) is 0 Å². The number of carbonyl (C=O) groups is 2. The number of hydrogen-bond acceptors (Lipinski definition) is 3. The van der Waals surface area contributed by atoms with Crippen molar-refractivity contribution in [1.29, 1.82) is 0 Å². The molecule has 0 atom stereocenters. The number of hydrogen-bond donors (Lipinski definition) is 0. The second-order valence-corrected chi connectivity index (χ2v) is 5.49. The maximum atomic E-state index is 12.1. The van der Waals surface area contributed by atoms with Gasteiger partial charge in [0.2, 0.25) is 0 Å². The van der Waals surface area contributed by atoms with Crippen molar-refractivity contribution >= 4 is 29.0 Å². The summed E-state index contributed by atoms with van der Waals surface area (Å²) >= 11 is 6.12. The number of ketones is 1. The zero-order chi connectivity index (χ0) is 15.7. The highest BCUT2D eigenvalue weighted by Gasteiger charge is 2.37. The van der Waals surface area contributed by atoms with Gasteiger partial charge in [-0.1, -0.05) is 35.4 Å². The quantitative estimate of drug-likeness (QED) is 0.814. The number of rotatable bonds is 4. The summed E-state index contributed by atoms with van der Waals surface area (Å²) in [5.41, 5.74) is 1.98. The molecular formula is C17H14ClNO3. The monoisotopic (exact) mass is 315 g/mol. The molecule has 4 nitrogen and oxygen atoms in total. The molecule has 1 aliphatic heterocycles. The van der Waals surface area contributed by atoms with E-state index in [1.807, 2.05) is 31.2 Å². The predicted molar refractivity (Wildman–Crippen MR) is 84.8 cm³/mol. The Labute approximate surface area is 133 Å². The van der Waals surface area contributed by atoms with Crippen LogP contribution in [0.15, 0.2) is 42.5 Å². The van der Waals surface area contributed by atoms with Crippen molar-refractivity contribution in [3.63, 3.8) is 0 Å². The normalized spacial score (nSPS) is 13.5. The summed E-state index contributed by atoms with van der Waals surface area (Å²) < 4.78 is 5.61. The number of Topliss-reactive ketones (excluding diaryl/α,β-unsaturated/α-hetero) is 1. The van der Waals surface area contributed by atoms with Crippen molar-refractivity contribution in [1.82, 2.24) is 0 Å². The topological polar surface area (TPSA) is 46.6 Å². The molecule has 0 saturated carbocycles. The molecule has 1 heterocycles. The molecule has 0 saturated heterocycles. The Morgan fingerprint density at radius 2 is 1.82 bits per heavy atom. The lowest BCUT2D eigenvalue weighted by atomic mass is 10.1. The predicted octanol–water partition coefficient (Wildman–Crippen LogP) is 3.26. The van der Waals surface area contributed by atoms with Gasteiger partial charge in [0.25, 0.3) is 11.7 Å². The zero-order valence-electron chi connectivity index (χ0n) is 12.0. The summed E-state index contributed by atoms with van der Waals surface area (Å²) in [4.78, 5) is 25.4. The Balaban J connectivity index is 1.72. The van der Waals surface area contributed by atoms with Crippen LogP contribution in [-0.2, 0) is 4.79 Å². The maximum absolute atomic E-state index is 12.1. The molecule has 2 aromatic rings. The lowest BCUT2D eigenvalue weighted by Gasteiger charge is -2.17. The number of amides is 1. The fourth-order valence-corrected chi connectivity index (χ4v) is 2.69. The molecule has 1 amide bonds. The molecule has 3 rings (SSSR count). The first kappa shape index (κ1) is 14.6. The molecule has 0 N–H and O–H groups in total. The van der Waals surface area contributed by atoms with Crippen molar-refractivity contribution in [2.45, 2.75) is 6.92 Å². The number of halogens is 1. The van der Waals surface area contributed by atoms with Gasteiger partial charge >= 0.3 is 0 Å². The summed E-state index contributed by atoms with van der Waals surface area (Å²) in [6.45, 7) is 2.55. The minimum absolute atomic E-state index is 0.273. The third-order valence-electron chi connectivity index (χ3n) is 3.55. The van der Waals surface area contributed by atoms with E-state index in [0.717, 1.165) is 11.3 Å². The highest BCUT2D eigenvalue weighted by Crippen LogP contribution is 2.35. The van der Waals surface area contributed by atoms with Gasteiger partial charge < -0.3 is 4.74 Å². The highest BCUT2D eigenvalue weighted by molar-refractivity contribution is 6.54. The Bertz CT molecular complexity index is 740. The van der Waals surface area contributed by atoms with E-state index in [0.29, 0.717) is 16.3 Å². The first-order valence-electron chi connectivity index (χ1n) is 6.92. The van der Waals surface area contributed by atoms with E-state index in [9.17, 15) is 9.59 Å². The van der Waals surface area contributed by atoms with Crippen LogP contribution in [0.25, 0.3) is 0 Å². The van der Waals surface area contributed by atoms with E-state index >= 15 is 0 Å². The van der Waals surface area contributed by atoms with Gasteiger partial charge in [-0.2, -0.15) is 0 Å². The van der Waals surface area contributed by atoms with Gasteiger partial charge in [-0.05, 0) is 31.2 Å². The van der Waals surface area contributed by atoms with E-state index in [-0.39, 0.29) is 13.2 Å². The van der Waals surface area contributed by atoms with Gasteiger partial charge in [0.05, 0.1) is 22.8 Å². The van der Waals surface area contributed by atoms with E-state index in [1.165, 1.54) is 4.90 Å². The number of nitrogens with zero attached hydrogens (tertiary/aromatic N) is 1. The SMILES string of the molecule is Cc1ccc(OCCN2C(=O)C(=O)c3cccc(Cl)c32)cc1. The largest absolute Gasteiger partial charge is 0.492 e. The van der Waals surface area contributed by atoms with Crippen LogP contribution in [0.4, 0.5) is 5.69 Å². The Morgan fingerprint density at radius 1 is 1.09 bits per heavy atom. The number of carbonyl (C=O) groups excluding carboxylic acids is 2. The average molecular weight is 316 g/mol. The van der Waals surface area contributed by atoms with Crippen molar-refractivity contribution in [2.24, 2.45) is 0 Å². The van der Waals surface area contributed by atoms with E-state index in [2.05, 4.69) is 0 Å². The summed E-state index contributed by atoms with van der Waals surface area (Å²) in [6, 6.07) is 12.6. The molecule has 0 aromatic heterocycles. The molecule has 0 bridgehead atoms. The molecule has 0 radical (unpaired) electrons. The standard InChI is InChI=1S/C17H14ClNO3/c1-11-5-7-12(8-6-11)22-10-9-19-15-13(16(20)17(19)21)3-2-4-14(15)18/h2-8H,9-10H2,1H3. The molecule has 0 unspecified atom stereocenters. The number of para-hydroxylation sites is 1. The third-order valence-corrected chi connectivity index (χ3v) is 3.85. The fraction of sp³-hybridized carbons (Fsp3) is 0.176.